The van der Waals surface area contributed by atoms with E-state index in [1.165, 1.54) is 10.5 Å². The first-order valence-electron chi connectivity index (χ1n) is 6.54. The second-order valence-electron chi connectivity index (χ2n) is 4.60. The Morgan fingerprint density at radius 3 is 2.50 bits per heavy atom. The molecule has 4 heteroatoms. The topological polar surface area (TPSA) is 26.0 Å². The highest BCUT2D eigenvalue weighted by atomic mass is 79.9. The molecule has 20 heavy (non-hydrogen) atoms. The lowest BCUT2D eigenvalue weighted by Crippen LogP contribution is -2.25. The number of thioether (sulfide) groups is 1. The fraction of sp³-hybridized carbons (Fsp3) is 0.250. The molecule has 0 aliphatic rings. The number of hydrogen-bond acceptors (Lipinski definition) is 2. The van der Waals surface area contributed by atoms with Crippen LogP contribution in [0.2, 0.25) is 0 Å². The van der Waals surface area contributed by atoms with Crippen LogP contribution < -0.4 is 5.73 Å². The van der Waals surface area contributed by atoms with Gasteiger partial charge in [-0.1, -0.05) is 47.1 Å². The van der Waals surface area contributed by atoms with E-state index in [1.807, 2.05) is 23.9 Å². The fourth-order valence-electron chi connectivity index (χ4n) is 1.98. The third-order valence-electron chi connectivity index (χ3n) is 3.13. The van der Waals surface area contributed by atoms with Crippen molar-refractivity contribution in [2.45, 2.75) is 29.5 Å². The summed E-state index contributed by atoms with van der Waals surface area (Å²) in [4.78, 5) is 1.22. The van der Waals surface area contributed by atoms with Gasteiger partial charge in [-0.2, -0.15) is 0 Å². The van der Waals surface area contributed by atoms with Crippen LogP contribution in [0.5, 0.6) is 0 Å². The zero-order valence-corrected chi connectivity index (χ0v) is 15.2. The summed E-state index contributed by atoms with van der Waals surface area (Å²) >= 11 is 8.97. The Morgan fingerprint density at radius 2 is 1.85 bits per heavy atom. The van der Waals surface area contributed by atoms with Crippen molar-refractivity contribution in [2.75, 3.05) is 0 Å². The maximum Gasteiger partial charge on any atom is 0.0496 e. The molecule has 2 N–H and O–H groups in total. The van der Waals surface area contributed by atoms with Crippen LogP contribution in [0.15, 0.2) is 62.4 Å². The van der Waals surface area contributed by atoms with Crippen LogP contribution in [0.25, 0.3) is 0 Å². The number of halogens is 2. The standard InChI is InChI=1S/C16H17Br2NS/c1-2-14(19)16(11-6-5-7-12(17)10-11)20-15-9-4-3-8-13(15)18/h3-10,14,16H,2,19H2,1H3. The molecule has 0 aliphatic carbocycles. The molecule has 0 fully saturated rings. The highest BCUT2D eigenvalue weighted by Crippen LogP contribution is 2.41. The van der Waals surface area contributed by atoms with Gasteiger partial charge in [0.05, 0.1) is 0 Å². The van der Waals surface area contributed by atoms with Crippen molar-refractivity contribution >= 4 is 43.6 Å². The molecule has 106 valence electrons. The van der Waals surface area contributed by atoms with Crippen LogP contribution in [0.1, 0.15) is 24.2 Å². The third-order valence-corrected chi connectivity index (χ3v) is 6.06. The molecule has 2 aromatic rings. The van der Waals surface area contributed by atoms with Crippen molar-refractivity contribution < 1.29 is 0 Å². The summed E-state index contributed by atoms with van der Waals surface area (Å²) in [5.74, 6) is 0. The molecular formula is C16H17Br2NS. The minimum atomic E-state index is 0.126. The van der Waals surface area contributed by atoms with Gasteiger partial charge < -0.3 is 5.73 Å². The minimum absolute atomic E-state index is 0.126. The van der Waals surface area contributed by atoms with Gasteiger partial charge in [-0.3, -0.25) is 0 Å². The van der Waals surface area contributed by atoms with Gasteiger partial charge in [0.2, 0.25) is 0 Å². The fourth-order valence-corrected chi connectivity index (χ4v) is 4.22. The zero-order valence-electron chi connectivity index (χ0n) is 11.2. The SMILES string of the molecule is CCC(N)C(Sc1ccccc1Br)c1cccc(Br)c1. The summed E-state index contributed by atoms with van der Waals surface area (Å²) < 4.78 is 2.21. The minimum Gasteiger partial charge on any atom is -0.326 e. The smallest absolute Gasteiger partial charge is 0.0496 e. The Kier molecular flexibility index (Phi) is 6.15. The molecule has 0 bridgehead atoms. The average Bonchev–Trinajstić information content (AvgIpc) is 2.45. The molecule has 1 nitrogen and oxygen atoms in total. The molecule has 2 atom stereocenters. The van der Waals surface area contributed by atoms with E-state index in [2.05, 4.69) is 75.2 Å². The summed E-state index contributed by atoms with van der Waals surface area (Å²) in [5, 5.41) is 0.246. The Bertz CT molecular complexity index is 574. The monoisotopic (exact) mass is 413 g/mol. The number of nitrogens with two attached hydrogens (primary N) is 1. The zero-order chi connectivity index (χ0) is 14.5. The molecule has 0 aliphatic heterocycles. The van der Waals surface area contributed by atoms with Crippen LogP contribution in [-0.4, -0.2) is 6.04 Å². The predicted molar refractivity (Wildman–Crippen MR) is 95.1 cm³/mol. The lowest BCUT2D eigenvalue weighted by atomic mass is 10.0. The highest BCUT2D eigenvalue weighted by Gasteiger charge is 2.21. The molecule has 0 spiro atoms. The molecule has 0 radical (unpaired) electrons. The summed E-state index contributed by atoms with van der Waals surface area (Å²) in [5.41, 5.74) is 7.60. The Hall–Kier alpha value is -0.290. The van der Waals surface area contributed by atoms with E-state index in [0.717, 1.165) is 15.4 Å². The molecule has 0 aromatic heterocycles. The van der Waals surface area contributed by atoms with E-state index in [4.69, 9.17) is 5.73 Å². The second kappa shape index (κ2) is 7.64. The van der Waals surface area contributed by atoms with Crippen LogP contribution in [0, 0.1) is 0 Å². The van der Waals surface area contributed by atoms with E-state index < -0.39 is 0 Å². The van der Waals surface area contributed by atoms with Gasteiger partial charge >= 0.3 is 0 Å². The molecule has 2 unspecified atom stereocenters. The average molecular weight is 415 g/mol. The number of rotatable bonds is 5. The van der Waals surface area contributed by atoms with Gasteiger partial charge in [0.15, 0.2) is 0 Å². The van der Waals surface area contributed by atoms with Gasteiger partial charge in [-0.25, -0.2) is 0 Å². The van der Waals surface area contributed by atoms with Crippen molar-refractivity contribution in [1.82, 2.24) is 0 Å². The molecule has 2 rings (SSSR count). The largest absolute Gasteiger partial charge is 0.326 e. The van der Waals surface area contributed by atoms with Crippen molar-refractivity contribution in [1.29, 1.82) is 0 Å². The Morgan fingerprint density at radius 1 is 1.10 bits per heavy atom. The van der Waals surface area contributed by atoms with Crippen molar-refractivity contribution in [3.63, 3.8) is 0 Å². The summed E-state index contributed by atoms with van der Waals surface area (Å²) in [6.07, 6.45) is 0.953. The van der Waals surface area contributed by atoms with Gasteiger partial charge in [0.1, 0.15) is 0 Å². The number of hydrogen-bond donors (Lipinski definition) is 1. The van der Waals surface area contributed by atoms with E-state index in [1.54, 1.807) is 0 Å². The van der Waals surface area contributed by atoms with Gasteiger partial charge in [0, 0.05) is 25.1 Å². The quantitative estimate of drug-likeness (QED) is 0.627. The van der Waals surface area contributed by atoms with Crippen molar-refractivity contribution in [2.24, 2.45) is 5.73 Å². The predicted octanol–water partition coefficient (Wildman–Crippen LogP) is 5.78. The Balaban J connectivity index is 2.31. The van der Waals surface area contributed by atoms with E-state index >= 15 is 0 Å². The van der Waals surface area contributed by atoms with Crippen LogP contribution in [0.3, 0.4) is 0 Å². The van der Waals surface area contributed by atoms with Gasteiger partial charge in [0.25, 0.3) is 0 Å². The first kappa shape index (κ1) is 16.1. The molecule has 0 saturated carbocycles. The number of benzene rings is 2. The maximum absolute atomic E-state index is 6.35. The molecule has 0 heterocycles. The maximum atomic E-state index is 6.35. The lowest BCUT2D eigenvalue weighted by Gasteiger charge is -2.23. The molecule has 0 saturated heterocycles. The third kappa shape index (κ3) is 4.10. The van der Waals surface area contributed by atoms with Crippen LogP contribution in [0.4, 0.5) is 0 Å². The second-order valence-corrected chi connectivity index (χ2v) is 7.55. The summed E-state index contributed by atoms with van der Waals surface area (Å²) in [7, 11) is 0. The molecule has 0 amide bonds. The van der Waals surface area contributed by atoms with Crippen molar-refractivity contribution in [3.05, 3.63) is 63.0 Å². The van der Waals surface area contributed by atoms with Gasteiger partial charge in [-0.05, 0) is 52.2 Å². The van der Waals surface area contributed by atoms with Crippen LogP contribution >= 0.6 is 43.6 Å². The molecular weight excluding hydrogens is 398 g/mol. The summed E-state index contributed by atoms with van der Waals surface area (Å²) in [6.45, 7) is 2.14. The lowest BCUT2D eigenvalue weighted by molar-refractivity contribution is 0.634. The first-order valence-corrected chi connectivity index (χ1v) is 9.00. The Labute approximate surface area is 141 Å². The van der Waals surface area contributed by atoms with E-state index in [9.17, 15) is 0 Å². The first-order chi connectivity index (χ1) is 9.61. The van der Waals surface area contributed by atoms with Crippen molar-refractivity contribution in [3.8, 4) is 0 Å². The van der Waals surface area contributed by atoms with E-state index in [-0.39, 0.29) is 11.3 Å². The van der Waals surface area contributed by atoms with E-state index in [0.29, 0.717) is 0 Å². The normalized spacial score (nSPS) is 14.0. The molecule has 2 aromatic carbocycles. The highest BCUT2D eigenvalue weighted by molar-refractivity contribution is 9.10. The van der Waals surface area contributed by atoms with Crippen LogP contribution in [-0.2, 0) is 0 Å². The van der Waals surface area contributed by atoms with Gasteiger partial charge in [-0.15, -0.1) is 11.8 Å². The summed E-state index contributed by atoms with van der Waals surface area (Å²) in [6, 6.07) is 16.8.